The van der Waals surface area contributed by atoms with E-state index in [0.29, 0.717) is 18.1 Å². The molecule has 0 spiro atoms. The highest BCUT2D eigenvalue weighted by Crippen LogP contribution is 2.31. The Morgan fingerprint density at radius 2 is 1.73 bits per heavy atom. The molecule has 0 radical (unpaired) electrons. The van der Waals surface area contributed by atoms with Crippen molar-refractivity contribution in [2.75, 3.05) is 43.9 Å². The molecule has 0 bridgehead atoms. The molecule has 7 heteroatoms. The van der Waals surface area contributed by atoms with Crippen LogP contribution in [0.5, 0.6) is 5.75 Å². The van der Waals surface area contributed by atoms with Gasteiger partial charge in [-0.1, -0.05) is 0 Å². The van der Waals surface area contributed by atoms with E-state index in [-0.39, 0.29) is 11.4 Å². The minimum absolute atomic E-state index is 0.0568. The van der Waals surface area contributed by atoms with Crippen LogP contribution in [0.25, 0.3) is 0 Å². The van der Waals surface area contributed by atoms with Crippen molar-refractivity contribution in [2.45, 2.75) is 51.4 Å². The zero-order valence-electron chi connectivity index (χ0n) is 15.9. The standard InChI is InChI=1S/C19H30F2N4O/c1-13-11-25(12-14(2)23(13)3)15-6-8-24(9-7-15)16-4-5-17(22)18(10-16)26-19(20)21/h4-5,10,13-15,19H,6-9,11-12,22H2,1-3H3/t13-,14+. The second kappa shape index (κ2) is 7.96. The molecule has 2 fully saturated rings. The summed E-state index contributed by atoms with van der Waals surface area (Å²) in [6.07, 6.45) is 2.16. The zero-order chi connectivity index (χ0) is 18.8. The van der Waals surface area contributed by atoms with Gasteiger partial charge in [-0.3, -0.25) is 9.80 Å². The predicted octanol–water partition coefficient (Wildman–Crippen LogP) is 2.86. The summed E-state index contributed by atoms with van der Waals surface area (Å²) in [7, 11) is 2.20. The first-order valence-corrected chi connectivity index (χ1v) is 9.40. The molecule has 2 aliphatic heterocycles. The Balaban J connectivity index is 1.60. The highest BCUT2D eigenvalue weighted by Gasteiger charge is 2.32. The third kappa shape index (κ3) is 4.20. The number of hydrogen-bond donors (Lipinski definition) is 1. The van der Waals surface area contributed by atoms with Crippen LogP contribution in [0.1, 0.15) is 26.7 Å². The summed E-state index contributed by atoms with van der Waals surface area (Å²) < 4.78 is 29.6. The number of anilines is 2. The molecule has 1 aromatic rings. The Hall–Kier alpha value is -1.60. The van der Waals surface area contributed by atoms with Gasteiger partial charge >= 0.3 is 6.61 Å². The zero-order valence-corrected chi connectivity index (χ0v) is 15.9. The summed E-state index contributed by atoms with van der Waals surface area (Å²) >= 11 is 0. The lowest BCUT2D eigenvalue weighted by Gasteiger charge is -2.47. The minimum Gasteiger partial charge on any atom is -0.433 e. The molecular formula is C19H30F2N4O. The van der Waals surface area contributed by atoms with Crippen molar-refractivity contribution >= 4 is 11.4 Å². The van der Waals surface area contributed by atoms with Gasteiger partial charge in [0, 0.05) is 56.1 Å². The molecule has 0 saturated carbocycles. The highest BCUT2D eigenvalue weighted by molar-refractivity contribution is 5.62. The third-order valence-corrected chi connectivity index (χ3v) is 5.95. The molecule has 3 rings (SSSR count). The van der Waals surface area contributed by atoms with Crippen molar-refractivity contribution in [1.82, 2.24) is 9.80 Å². The maximum absolute atomic E-state index is 12.5. The summed E-state index contributed by atoms with van der Waals surface area (Å²) in [5, 5.41) is 0. The van der Waals surface area contributed by atoms with E-state index < -0.39 is 6.61 Å². The van der Waals surface area contributed by atoms with Gasteiger partial charge in [0.1, 0.15) is 0 Å². The third-order valence-electron chi connectivity index (χ3n) is 5.95. The fourth-order valence-electron chi connectivity index (χ4n) is 4.15. The van der Waals surface area contributed by atoms with Crippen LogP contribution in [-0.4, -0.2) is 67.8 Å². The number of benzene rings is 1. The molecule has 0 aliphatic carbocycles. The molecule has 146 valence electrons. The van der Waals surface area contributed by atoms with Crippen LogP contribution >= 0.6 is 0 Å². The number of rotatable bonds is 4. The van der Waals surface area contributed by atoms with Gasteiger partial charge in [0.05, 0.1) is 5.69 Å². The number of likely N-dealkylation sites (N-methyl/N-ethyl adjacent to an activating group) is 1. The van der Waals surface area contributed by atoms with E-state index in [1.165, 1.54) is 0 Å². The lowest BCUT2D eigenvalue weighted by Crippen LogP contribution is -2.59. The number of piperidine rings is 1. The van der Waals surface area contributed by atoms with E-state index in [1.807, 2.05) is 6.07 Å². The van der Waals surface area contributed by atoms with Crippen molar-refractivity contribution in [2.24, 2.45) is 0 Å². The minimum atomic E-state index is -2.86. The smallest absolute Gasteiger partial charge is 0.387 e. The van der Waals surface area contributed by atoms with E-state index >= 15 is 0 Å². The number of nitrogens with zero attached hydrogens (tertiary/aromatic N) is 3. The van der Waals surface area contributed by atoms with Crippen molar-refractivity contribution in [3.63, 3.8) is 0 Å². The number of halogens is 2. The summed E-state index contributed by atoms with van der Waals surface area (Å²) in [5.41, 5.74) is 6.87. The van der Waals surface area contributed by atoms with Gasteiger partial charge in [0.25, 0.3) is 0 Å². The van der Waals surface area contributed by atoms with Crippen LogP contribution < -0.4 is 15.4 Å². The summed E-state index contributed by atoms with van der Waals surface area (Å²) in [6.45, 7) is 5.77. The Morgan fingerprint density at radius 1 is 1.12 bits per heavy atom. The molecule has 5 nitrogen and oxygen atoms in total. The molecule has 2 aliphatic rings. The lowest BCUT2D eigenvalue weighted by molar-refractivity contribution is -0.0493. The van der Waals surface area contributed by atoms with E-state index in [0.717, 1.165) is 44.7 Å². The first kappa shape index (κ1) is 19.2. The van der Waals surface area contributed by atoms with Crippen LogP contribution in [0, 0.1) is 0 Å². The Morgan fingerprint density at radius 3 is 2.31 bits per heavy atom. The molecule has 0 amide bonds. The summed E-state index contributed by atoms with van der Waals surface area (Å²) in [5.74, 6) is 0.0568. The molecule has 2 atom stereocenters. The van der Waals surface area contributed by atoms with Gasteiger partial charge in [0.2, 0.25) is 0 Å². The van der Waals surface area contributed by atoms with Crippen molar-refractivity contribution in [3.8, 4) is 5.75 Å². The topological polar surface area (TPSA) is 45.0 Å². The van der Waals surface area contributed by atoms with Gasteiger partial charge in [-0.2, -0.15) is 8.78 Å². The van der Waals surface area contributed by atoms with Crippen molar-refractivity contribution in [3.05, 3.63) is 18.2 Å². The average molecular weight is 368 g/mol. The maximum Gasteiger partial charge on any atom is 0.387 e. The fraction of sp³-hybridized carbons (Fsp3) is 0.684. The number of ether oxygens (including phenoxy) is 1. The van der Waals surface area contributed by atoms with Crippen molar-refractivity contribution in [1.29, 1.82) is 0 Å². The van der Waals surface area contributed by atoms with Gasteiger partial charge < -0.3 is 15.4 Å². The van der Waals surface area contributed by atoms with Crippen LogP contribution in [-0.2, 0) is 0 Å². The Kier molecular flexibility index (Phi) is 5.87. The number of alkyl halides is 2. The van der Waals surface area contributed by atoms with Crippen LogP contribution in [0.2, 0.25) is 0 Å². The fourth-order valence-corrected chi connectivity index (χ4v) is 4.15. The molecule has 26 heavy (non-hydrogen) atoms. The van der Waals surface area contributed by atoms with E-state index in [4.69, 9.17) is 5.73 Å². The predicted molar refractivity (Wildman–Crippen MR) is 101 cm³/mol. The number of nitrogen functional groups attached to an aromatic ring is 1. The summed E-state index contributed by atoms with van der Waals surface area (Å²) in [6, 6.07) is 6.89. The maximum atomic E-state index is 12.5. The normalized spacial score (nSPS) is 26.5. The van der Waals surface area contributed by atoms with Gasteiger partial charge in [-0.25, -0.2) is 0 Å². The molecule has 2 saturated heterocycles. The molecule has 0 unspecified atom stereocenters. The second-order valence-electron chi connectivity index (χ2n) is 7.64. The van der Waals surface area contributed by atoms with E-state index in [2.05, 4.69) is 40.3 Å². The van der Waals surface area contributed by atoms with E-state index in [1.54, 1.807) is 12.1 Å². The van der Waals surface area contributed by atoms with E-state index in [9.17, 15) is 8.78 Å². The molecule has 2 heterocycles. The Labute approximate surface area is 154 Å². The number of piperazine rings is 1. The number of nitrogens with two attached hydrogens (primary N) is 1. The quantitative estimate of drug-likeness (QED) is 0.828. The second-order valence-corrected chi connectivity index (χ2v) is 7.64. The SMILES string of the molecule is C[C@@H]1CN(C2CCN(c3ccc(N)c(OC(F)F)c3)CC2)C[C@H](C)N1C. The first-order valence-electron chi connectivity index (χ1n) is 9.40. The molecular weight excluding hydrogens is 338 g/mol. The Bertz CT molecular complexity index is 595. The summed E-state index contributed by atoms with van der Waals surface area (Å²) in [4.78, 5) is 7.31. The highest BCUT2D eigenvalue weighted by atomic mass is 19.3. The van der Waals surface area contributed by atoms with Crippen LogP contribution in [0.15, 0.2) is 18.2 Å². The van der Waals surface area contributed by atoms with Crippen LogP contribution in [0.4, 0.5) is 20.2 Å². The monoisotopic (exact) mass is 368 g/mol. The van der Waals surface area contributed by atoms with Gasteiger partial charge in [-0.15, -0.1) is 0 Å². The molecule has 2 N–H and O–H groups in total. The lowest BCUT2D eigenvalue weighted by atomic mass is 9.98. The van der Waals surface area contributed by atoms with Crippen molar-refractivity contribution < 1.29 is 13.5 Å². The largest absolute Gasteiger partial charge is 0.433 e. The van der Waals surface area contributed by atoms with Crippen LogP contribution in [0.3, 0.4) is 0 Å². The van der Waals surface area contributed by atoms with Gasteiger partial charge in [-0.05, 0) is 45.9 Å². The molecule has 0 aromatic heterocycles. The number of hydrogen-bond acceptors (Lipinski definition) is 5. The molecule has 1 aromatic carbocycles. The average Bonchev–Trinajstić information content (AvgIpc) is 2.61. The van der Waals surface area contributed by atoms with Gasteiger partial charge in [0.15, 0.2) is 5.75 Å². The first-order chi connectivity index (χ1) is 12.3.